The first-order chi connectivity index (χ1) is 18.7. The third-order valence-corrected chi connectivity index (χ3v) is 10.1. The molecule has 1 saturated carbocycles. The highest BCUT2D eigenvalue weighted by molar-refractivity contribution is 7.90. The number of hydrogen-bond acceptors (Lipinski definition) is 8. The van der Waals surface area contributed by atoms with E-state index < -0.39 is 43.5 Å². The molecule has 1 aliphatic carbocycles. The second-order valence-electron chi connectivity index (χ2n) is 9.76. The third-order valence-electron chi connectivity index (χ3n) is 6.73. The van der Waals surface area contributed by atoms with Crippen LogP contribution in [0.25, 0.3) is 10.2 Å². The van der Waals surface area contributed by atoms with Crippen molar-refractivity contribution in [3.8, 4) is 10.9 Å². The van der Waals surface area contributed by atoms with E-state index in [1.165, 1.54) is 18.3 Å². The lowest BCUT2D eigenvalue weighted by molar-refractivity contribution is -0.0448. The fourth-order valence-electron chi connectivity index (χ4n) is 4.41. The van der Waals surface area contributed by atoms with Crippen LogP contribution in [0.4, 0.5) is 13.2 Å². The third kappa shape index (κ3) is 8.13. The molecule has 0 saturated heterocycles. The lowest BCUT2D eigenvalue weighted by Crippen LogP contribution is -2.44. The van der Waals surface area contributed by atoms with E-state index in [9.17, 15) is 34.6 Å². The minimum absolute atomic E-state index is 0.0549. The Bertz CT molecular complexity index is 1470. The van der Waals surface area contributed by atoms with Gasteiger partial charge in [0.2, 0.25) is 0 Å². The van der Waals surface area contributed by atoms with Crippen LogP contribution in [-0.4, -0.2) is 67.2 Å². The van der Waals surface area contributed by atoms with E-state index in [4.69, 9.17) is 4.74 Å². The Kier molecular flexibility index (Phi) is 9.42. The topological polar surface area (TPSA) is 126 Å². The molecule has 40 heavy (non-hydrogen) atoms. The van der Waals surface area contributed by atoms with Gasteiger partial charge in [0.1, 0.15) is 5.75 Å². The van der Waals surface area contributed by atoms with Crippen molar-refractivity contribution in [3.05, 3.63) is 54.1 Å². The van der Waals surface area contributed by atoms with Gasteiger partial charge >= 0.3 is 15.5 Å². The van der Waals surface area contributed by atoms with Gasteiger partial charge in [0.15, 0.2) is 0 Å². The predicted octanol–water partition coefficient (Wildman–Crippen LogP) is 4.96. The number of fused-ring (bicyclic) bond motifs is 1. The zero-order chi connectivity index (χ0) is 29.1. The largest absolute Gasteiger partial charge is 0.511 e. The molecule has 0 radical (unpaired) electrons. The van der Waals surface area contributed by atoms with Crippen LogP contribution in [0.15, 0.2) is 48.5 Å². The summed E-state index contributed by atoms with van der Waals surface area (Å²) in [6.45, 7) is 1.26. The summed E-state index contributed by atoms with van der Waals surface area (Å²) in [6.07, 6.45) is 2.11. The molecule has 2 N–H and O–H groups in total. The summed E-state index contributed by atoms with van der Waals surface area (Å²) < 4.78 is 102. The monoisotopic (exact) mass is 621 g/mol. The van der Waals surface area contributed by atoms with Crippen molar-refractivity contribution in [3.63, 3.8) is 0 Å². The molecule has 1 aromatic heterocycles. The van der Waals surface area contributed by atoms with Crippen LogP contribution in [0.1, 0.15) is 38.2 Å². The zero-order valence-corrected chi connectivity index (χ0v) is 24.0. The summed E-state index contributed by atoms with van der Waals surface area (Å²) in [7, 11) is -9.91. The molecule has 220 valence electrons. The molecule has 15 heteroatoms. The van der Waals surface area contributed by atoms with Crippen molar-refractivity contribution in [2.75, 3.05) is 13.1 Å². The molecule has 1 aliphatic rings. The molecule has 2 unspecified atom stereocenters. The Labute approximate surface area is 235 Å². The number of benzene rings is 2. The van der Waals surface area contributed by atoms with E-state index in [1.807, 2.05) is 53.4 Å². The van der Waals surface area contributed by atoms with Gasteiger partial charge in [0.05, 0.1) is 15.5 Å². The summed E-state index contributed by atoms with van der Waals surface area (Å²) in [5.41, 5.74) is -3.63. The second-order valence-corrected chi connectivity index (χ2v) is 14.3. The lowest BCUT2D eigenvalue weighted by atomic mass is 10.0. The molecule has 3 aromatic rings. The van der Waals surface area contributed by atoms with Gasteiger partial charge in [-0.2, -0.15) is 21.6 Å². The molecular weight excluding hydrogens is 591 g/mol. The van der Waals surface area contributed by atoms with Crippen LogP contribution in [0.5, 0.6) is 10.9 Å². The van der Waals surface area contributed by atoms with Crippen LogP contribution in [0.2, 0.25) is 0 Å². The predicted molar refractivity (Wildman–Crippen MR) is 147 cm³/mol. The maximum Gasteiger partial charge on any atom is 0.511 e. The Hall–Kier alpha value is -2.30. The maximum absolute atomic E-state index is 12.7. The first-order valence-electron chi connectivity index (χ1n) is 12.6. The van der Waals surface area contributed by atoms with Crippen LogP contribution in [0.3, 0.4) is 0 Å². The number of aromatic nitrogens is 1. The molecule has 0 spiro atoms. The first-order valence-corrected chi connectivity index (χ1v) is 16.4. The number of halogens is 3. The number of para-hydroxylation sites is 1. The van der Waals surface area contributed by atoms with Crippen molar-refractivity contribution >= 4 is 41.7 Å². The van der Waals surface area contributed by atoms with Gasteiger partial charge in [-0.3, -0.25) is 9.45 Å². The van der Waals surface area contributed by atoms with Crippen LogP contribution < -0.4 is 9.46 Å². The molecule has 2 aromatic carbocycles. The minimum atomic E-state index is -5.52. The van der Waals surface area contributed by atoms with Crippen molar-refractivity contribution in [1.29, 1.82) is 0 Å². The van der Waals surface area contributed by atoms with Crippen LogP contribution in [0, 0.1) is 0 Å². The highest BCUT2D eigenvalue weighted by Crippen LogP contribution is 2.33. The van der Waals surface area contributed by atoms with Gasteiger partial charge in [-0.25, -0.2) is 18.1 Å². The highest BCUT2D eigenvalue weighted by Gasteiger charge is 2.45. The standard InChI is InChI=1S/C25H30F3N3O6S3/c1-17(39(32,33)34)16-20(12-14-29-40(35,36)25(26,27)28)31(19-8-9-19)15-13-18-6-10-21(11-7-18)37-24-30-22-4-2-3-5-23(22)38-24/h2-7,10-11,17,19-20,29H,8-9,12-16H2,1H3,(H,32,33,34). The number of alkyl halides is 3. The molecule has 4 rings (SSSR count). The van der Waals surface area contributed by atoms with Gasteiger partial charge in [-0.1, -0.05) is 35.6 Å². The Morgan fingerprint density at radius 1 is 1.12 bits per heavy atom. The number of nitrogens with one attached hydrogen (secondary N) is 1. The first kappa shape index (κ1) is 30.7. The number of sulfonamides is 1. The second kappa shape index (κ2) is 12.3. The van der Waals surface area contributed by atoms with Crippen molar-refractivity contribution in [2.45, 2.75) is 61.9 Å². The van der Waals surface area contributed by atoms with Crippen molar-refractivity contribution in [2.24, 2.45) is 0 Å². The van der Waals surface area contributed by atoms with Gasteiger partial charge < -0.3 is 4.74 Å². The van der Waals surface area contributed by atoms with E-state index in [0.717, 1.165) is 28.6 Å². The summed E-state index contributed by atoms with van der Waals surface area (Å²) in [5, 5.41) is -0.650. The van der Waals surface area contributed by atoms with Crippen molar-refractivity contribution < 1.29 is 39.3 Å². The quantitative estimate of drug-likeness (QED) is 0.242. The van der Waals surface area contributed by atoms with Crippen LogP contribution in [-0.2, 0) is 26.6 Å². The molecular formula is C25H30F3N3O6S3. The molecule has 0 amide bonds. The van der Waals surface area contributed by atoms with Gasteiger partial charge in [-0.05, 0) is 68.9 Å². The Morgan fingerprint density at radius 3 is 2.40 bits per heavy atom. The van der Waals surface area contributed by atoms with E-state index in [0.29, 0.717) is 23.9 Å². The summed E-state index contributed by atoms with van der Waals surface area (Å²) in [6, 6.07) is 14.6. The van der Waals surface area contributed by atoms with Gasteiger partial charge in [-0.15, -0.1) is 0 Å². The van der Waals surface area contributed by atoms with E-state index >= 15 is 0 Å². The molecule has 2 atom stereocenters. The van der Waals surface area contributed by atoms with E-state index in [2.05, 4.69) is 4.98 Å². The van der Waals surface area contributed by atoms with E-state index in [1.54, 1.807) is 4.72 Å². The number of rotatable bonds is 14. The van der Waals surface area contributed by atoms with Crippen molar-refractivity contribution in [1.82, 2.24) is 14.6 Å². The smallest absolute Gasteiger partial charge is 0.431 e. The molecule has 0 bridgehead atoms. The maximum atomic E-state index is 12.7. The zero-order valence-electron chi connectivity index (χ0n) is 21.5. The molecule has 1 heterocycles. The summed E-state index contributed by atoms with van der Waals surface area (Å²) in [4.78, 5) is 6.46. The molecule has 0 aliphatic heterocycles. The molecule has 1 fully saturated rings. The van der Waals surface area contributed by atoms with E-state index in [-0.39, 0.29) is 18.9 Å². The Morgan fingerprint density at radius 2 is 1.80 bits per heavy atom. The number of thiazole rings is 1. The summed E-state index contributed by atoms with van der Waals surface area (Å²) >= 11 is 1.43. The Balaban J connectivity index is 1.41. The normalized spacial score (nSPS) is 16.4. The lowest BCUT2D eigenvalue weighted by Gasteiger charge is -2.33. The number of nitrogens with zero attached hydrogens (tertiary/aromatic N) is 2. The number of ether oxygens (including phenoxy) is 1. The van der Waals surface area contributed by atoms with Crippen LogP contribution >= 0.6 is 11.3 Å². The molecule has 9 nitrogen and oxygen atoms in total. The van der Waals surface area contributed by atoms with Gasteiger partial charge in [0, 0.05) is 25.2 Å². The van der Waals surface area contributed by atoms with Gasteiger partial charge in [0.25, 0.3) is 15.3 Å². The average molecular weight is 622 g/mol. The SMILES string of the molecule is CC(CC(CCNS(=O)(=O)C(F)(F)F)N(CCc1ccc(Oc2nc3ccccc3s2)cc1)C1CC1)S(=O)(=O)O. The average Bonchev–Trinajstić information content (AvgIpc) is 3.62. The minimum Gasteiger partial charge on any atom is -0.431 e. The fraction of sp³-hybridized carbons (Fsp3) is 0.480. The highest BCUT2D eigenvalue weighted by atomic mass is 32.2. The fourth-order valence-corrected chi connectivity index (χ4v) is 6.26. The summed E-state index contributed by atoms with van der Waals surface area (Å²) in [5.74, 6) is 0.610. The number of hydrogen-bond donors (Lipinski definition) is 2.